The Balaban J connectivity index is 1.77. The highest BCUT2D eigenvalue weighted by molar-refractivity contribution is 5.76. The molecule has 14 heteroatoms. The van der Waals surface area contributed by atoms with Gasteiger partial charge in [-0.25, -0.2) is 0 Å². The first-order chi connectivity index (χ1) is 34.6. The van der Waals surface area contributed by atoms with E-state index in [2.05, 4.69) is 31.3 Å². The Labute approximate surface area is 431 Å². The lowest BCUT2D eigenvalue weighted by Crippen LogP contribution is -2.65. The van der Waals surface area contributed by atoms with E-state index in [1.54, 1.807) is 0 Å². The second kappa shape index (κ2) is 43.9. The molecular formula is C57H109NO13. The molecule has 71 heavy (non-hydrogen) atoms. The van der Waals surface area contributed by atoms with Crippen LogP contribution in [0.1, 0.15) is 251 Å². The first kappa shape index (κ1) is 65.8. The minimum absolute atomic E-state index is 0.208. The minimum atomic E-state index is -1.78. The number of aliphatic hydroxyl groups is 8. The Morgan fingerprint density at radius 2 is 0.887 bits per heavy atom. The molecule has 2 fully saturated rings. The molecule has 0 aromatic carbocycles. The molecule has 420 valence electrons. The number of unbranched alkanes of at least 4 members (excludes halogenated alkanes) is 32. The number of hydrogen-bond donors (Lipinski definition) is 9. The Kier molecular flexibility index (Phi) is 40.7. The molecule has 12 atom stereocenters. The van der Waals surface area contributed by atoms with Crippen LogP contribution in [0, 0.1) is 0 Å². The van der Waals surface area contributed by atoms with E-state index in [9.17, 15) is 45.6 Å². The Morgan fingerprint density at radius 1 is 0.493 bits per heavy atom. The zero-order valence-corrected chi connectivity index (χ0v) is 45.0. The maximum atomic E-state index is 13.3. The molecule has 2 aliphatic rings. The molecule has 0 aromatic heterocycles. The van der Waals surface area contributed by atoms with Crippen molar-refractivity contribution in [3.05, 3.63) is 12.2 Å². The summed E-state index contributed by atoms with van der Waals surface area (Å²) in [5.41, 5.74) is 0. The molecule has 0 aliphatic carbocycles. The summed E-state index contributed by atoms with van der Waals surface area (Å²) in [6.45, 7) is 2.88. The summed E-state index contributed by atoms with van der Waals surface area (Å²) in [6, 6.07) is -0.828. The molecule has 1 amide bonds. The highest BCUT2D eigenvalue weighted by Crippen LogP contribution is 2.30. The molecule has 12 unspecified atom stereocenters. The van der Waals surface area contributed by atoms with Gasteiger partial charge >= 0.3 is 0 Å². The predicted molar refractivity (Wildman–Crippen MR) is 282 cm³/mol. The van der Waals surface area contributed by atoms with E-state index < -0.39 is 86.8 Å². The van der Waals surface area contributed by atoms with E-state index in [0.717, 1.165) is 57.8 Å². The van der Waals surface area contributed by atoms with Gasteiger partial charge in [-0.3, -0.25) is 4.79 Å². The lowest BCUT2D eigenvalue weighted by molar-refractivity contribution is -0.359. The van der Waals surface area contributed by atoms with Crippen LogP contribution in [0.5, 0.6) is 0 Å². The zero-order chi connectivity index (χ0) is 51.7. The zero-order valence-electron chi connectivity index (χ0n) is 45.0. The van der Waals surface area contributed by atoms with Gasteiger partial charge in [0.05, 0.1) is 32.0 Å². The summed E-state index contributed by atoms with van der Waals surface area (Å²) < 4.78 is 22.8. The van der Waals surface area contributed by atoms with Crippen molar-refractivity contribution in [3.8, 4) is 0 Å². The van der Waals surface area contributed by atoms with Crippen molar-refractivity contribution < 1.29 is 64.6 Å². The number of ether oxygens (including phenoxy) is 4. The Bertz CT molecular complexity index is 1240. The van der Waals surface area contributed by atoms with Crippen molar-refractivity contribution in [2.45, 2.75) is 325 Å². The fourth-order valence-corrected chi connectivity index (χ4v) is 9.94. The summed E-state index contributed by atoms with van der Waals surface area (Å²) in [5.74, 6) is -0.208. The number of carbonyl (C=O) groups excluding carboxylic acids is 1. The van der Waals surface area contributed by atoms with Gasteiger partial charge in [-0.2, -0.15) is 0 Å². The fourth-order valence-electron chi connectivity index (χ4n) is 9.94. The van der Waals surface area contributed by atoms with E-state index in [-0.39, 0.29) is 12.5 Å². The summed E-state index contributed by atoms with van der Waals surface area (Å²) in [4.78, 5) is 13.3. The first-order valence-electron chi connectivity index (χ1n) is 29.4. The van der Waals surface area contributed by atoms with Crippen LogP contribution >= 0.6 is 0 Å². The number of aliphatic hydroxyl groups excluding tert-OH is 8. The van der Waals surface area contributed by atoms with Crippen LogP contribution in [0.3, 0.4) is 0 Å². The van der Waals surface area contributed by atoms with Gasteiger partial charge in [-0.1, -0.05) is 219 Å². The molecule has 2 heterocycles. The summed E-state index contributed by atoms with van der Waals surface area (Å²) in [5, 5.41) is 87.2. The SMILES string of the molecule is CCCCCCCC/C=C\CCCCCCCCCC(=O)NC(COC1OC(CO)C(OC2OC(CO)C(O)C(O)C2O)C(O)C1O)C(O)CCCCCCCCCCCCCCCCCCCCCC. The van der Waals surface area contributed by atoms with Gasteiger partial charge in [0, 0.05) is 6.42 Å². The molecule has 0 saturated carbocycles. The largest absolute Gasteiger partial charge is 0.394 e. The van der Waals surface area contributed by atoms with Gasteiger partial charge in [0.2, 0.25) is 5.91 Å². The molecule has 2 rings (SSSR count). The van der Waals surface area contributed by atoms with Crippen LogP contribution < -0.4 is 5.32 Å². The monoisotopic (exact) mass is 1020 g/mol. The standard InChI is InChI=1S/C57H109NO13/c1-3-5-7-9-11-13-15-17-19-21-22-23-25-26-28-30-32-34-36-38-40-46(61)45(58-49(62)41-39-37-35-33-31-29-27-24-20-18-16-14-12-10-8-6-4-2)44-68-56-54(67)52(65)55(48(43-60)70-56)71-57-53(66)51(64)50(63)47(42-59)69-57/h18,20,45-48,50-57,59-61,63-67H,3-17,19,21-44H2,1-2H3,(H,58,62)/b20-18-. The van der Waals surface area contributed by atoms with E-state index in [0.29, 0.717) is 12.8 Å². The molecule has 0 spiro atoms. The van der Waals surface area contributed by atoms with E-state index in [1.807, 2.05) is 0 Å². The number of nitrogens with one attached hydrogen (secondary N) is 1. The van der Waals surface area contributed by atoms with Crippen LogP contribution in [0.15, 0.2) is 12.2 Å². The lowest BCUT2D eigenvalue weighted by atomic mass is 9.97. The van der Waals surface area contributed by atoms with Crippen molar-refractivity contribution >= 4 is 5.91 Å². The maximum Gasteiger partial charge on any atom is 0.220 e. The third-order valence-corrected chi connectivity index (χ3v) is 14.7. The summed E-state index contributed by atoms with van der Waals surface area (Å²) in [7, 11) is 0. The average molecular weight is 1020 g/mol. The van der Waals surface area contributed by atoms with Gasteiger partial charge in [-0.15, -0.1) is 0 Å². The van der Waals surface area contributed by atoms with Crippen LogP contribution in [0.4, 0.5) is 0 Å². The number of carbonyl (C=O) groups is 1. The molecule has 2 saturated heterocycles. The summed E-state index contributed by atoms with van der Waals surface area (Å²) >= 11 is 0. The van der Waals surface area contributed by atoms with Crippen molar-refractivity contribution in [1.29, 1.82) is 0 Å². The molecule has 0 aromatic rings. The molecule has 2 aliphatic heterocycles. The van der Waals surface area contributed by atoms with Crippen LogP contribution in [0.25, 0.3) is 0 Å². The number of amides is 1. The minimum Gasteiger partial charge on any atom is -0.394 e. The van der Waals surface area contributed by atoms with E-state index in [4.69, 9.17) is 18.9 Å². The molecule has 0 bridgehead atoms. The highest BCUT2D eigenvalue weighted by atomic mass is 16.7. The molecule has 14 nitrogen and oxygen atoms in total. The van der Waals surface area contributed by atoms with Crippen LogP contribution in [-0.4, -0.2) is 140 Å². The molecule has 9 N–H and O–H groups in total. The van der Waals surface area contributed by atoms with E-state index >= 15 is 0 Å². The fraction of sp³-hybridized carbons (Fsp3) is 0.947. The maximum absolute atomic E-state index is 13.3. The van der Waals surface area contributed by atoms with Crippen molar-refractivity contribution in [2.24, 2.45) is 0 Å². The third kappa shape index (κ3) is 30.2. The van der Waals surface area contributed by atoms with Crippen LogP contribution in [-0.2, 0) is 23.7 Å². The highest BCUT2D eigenvalue weighted by Gasteiger charge is 2.51. The van der Waals surface area contributed by atoms with Crippen molar-refractivity contribution in [3.63, 3.8) is 0 Å². The molecule has 0 radical (unpaired) electrons. The second-order valence-corrected chi connectivity index (χ2v) is 21.1. The Hall–Kier alpha value is -1.27. The number of allylic oxidation sites excluding steroid dienone is 2. The predicted octanol–water partition coefficient (Wildman–Crippen LogP) is 9.50. The first-order valence-corrected chi connectivity index (χ1v) is 29.4. The smallest absolute Gasteiger partial charge is 0.220 e. The number of rotatable bonds is 47. The topological polar surface area (TPSA) is 228 Å². The third-order valence-electron chi connectivity index (χ3n) is 14.7. The van der Waals surface area contributed by atoms with Gasteiger partial charge in [0.25, 0.3) is 0 Å². The normalized spacial score (nSPS) is 25.8. The second-order valence-electron chi connectivity index (χ2n) is 21.1. The quantitative estimate of drug-likeness (QED) is 0.0205. The van der Waals surface area contributed by atoms with Crippen molar-refractivity contribution in [1.82, 2.24) is 5.32 Å². The van der Waals surface area contributed by atoms with Gasteiger partial charge in [-0.05, 0) is 38.5 Å². The lowest BCUT2D eigenvalue weighted by Gasteiger charge is -2.46. The molecular weight excluding hydrogens is 907 g/mol. The van der Waals surface area contributed by atoms with Gasteiger partial charge < -0.3 is 65.1 Å². The van der Waals surface area contributed by atoms with Crippen LogP contribution in [0.2, 0.25) is 0 Å². The average Bonchev–Trinajstić information content (AvgIpc) is 3.37. The van der Waals surface area contributed by atoms with Gasteiger partial charge in [0.15, 0.2) is 12.6 Å². The summed E-state index contributed by atoms with van der Waals surface area (Å²) in [6.07, 6.45) is 32.0. The number of hydrogen-bond acceptors (Lipinski definition) is 13. The van der Waals surface area contributed by atoms with E-state index in [1.165, 1.54) is 167 Å². The Morgan fingerprint density at radius 3 is 1.34 bits per heavy atom. The van der Waals surface area contributed by atoms with Crippen molar-refractivity contribution in [2.75, 3.05) is 19.8 Å². The van der Waals surface area contributed by atoms with Gasteiger partial charge in [0.1, 0.15) is 48.8 Å².